The molecule has 0 radical (unpaired) electrons. The molecule has 2 aromatic carbocycles. The van der Waals surface area contributed by atoms with Crippen LogP contribution >= 0.6 is 11.6 Å². The molecule has 5 heteroatoms. The zero-order valence-electron chi connectivity index (χ0n) is 14.2. The van der Waals surface area contributed by atoms with Gasteiger partial charge in [-0.25, -0.2) is 4.79 Å². The summed E-state index contributed by atoms with van der Waals surface area (Å²) in [7, 11) is 0. The maximum Gasteiger partial charge on any atom is 0.331 e. The number of carbonyl (C=O) groups excluding carboxylic acids is 2. The van der Waals surface area contributed by atoms with Crippen LogP contribution < -0.4 is 5.32 Å². The minimum absolute atomic E-state index is 0.385. The van der Waals surface area contributed by atoms with E-state index in [1.54, 1.807) is 24.3 Å². The van der Waals surface area contributed by atoms with Gasteiger partial charge in [-0.2, -0.15) is 0 Å². The van der Waals surface area contributed by atoms with Crippen LogP contribution in [-0.4, -0.2) is 18.0 Å². The molecule has 0 spiro atoms. The number of amides is 1. The van der Waals surface area contributed by atoms with E-state index in [1.165, 1.54) is 18.6 Å². The monoisotopic (exact) mass is 357 g/mol. The van der Waals surface area contributed by atoms with E-state index >= 15 is 0 Å². The van der Waals surface area contributed by atoms with E-state index in [9.17, 15) is 9.59 Å². The Bertz CT molecular complexity index is 769. The Morgan fingerprint density at radius 2 is 1.84 bits per heavy atom. The summed E-state index contributed by atoms with van der Waals surface area (Å²) in [6.07, 6.45) is 2.83. The van der Waals surface area contributed by atoms with Gasteiger partial charge in [-0.3, -0.25) is 4.79 Å². The quantitative estimate of drug-likeness (QED) is 0.612. The molecule has 1 amide bonds. The molecule has 0 aliphatic heterocycles. The number of anilines is 1. The molecule has 2 aromatic rings. The highest BCUT2D eigenvalue weighted by molar-refractivity contribution is 6.32. The molecule has 0 saturated carbocycles. The predicted molar refractivity (Wildman–Crippen MR) is 100 cm³/mol. The summed E-state index contributed by atoms with van der Waals surface area (Å²) in [6.45, 7) is 3.59. The van der Waals surface area contributed by atoms with Crippen LogP contribution in [0.1, 0.15) is 25.0 Å². The Morgan fingerprint density at radius 3 is 2.48 bits per heavy atom. The van der Waals surface area contributed by atoms with E-state index in [2.05, 4.69) is 12.2 Å². The van der Waals surface area contributed by atoms with Gasteiger partial charge in [-0.15, -0.1) is 0 Å². The third-order valence-electron chi connectivity index (χ3n) is 3.60. The summed E-state index contributed by atoms with van der Waals surface area (Å²) < 4.78 is 5.11. The molecular weight excluding hydrogens is 338 g/mol. The molecule has 0 aliphatic rings. The van der Waals surface area contributed by atoms with Gasteiger partial charge >= 0.3 is 5.97 Å². The van der Waals surface area contributed by atoms with E-state index in [-0.39, 0.29) is 5.91 Å². The average molecular weight is 358 g/mol. The number of rotatable bonds is 6. The Kier molecular flexibility index (Phi) is 6.78. The van der Waals surface area contributed by atoms with Gasteiger partial charge in [0, 0.05) is 16.8 Å². The second kappa shape index (κ2) is 9.04. The summed E-state index contributed by atoms with van der Waals surface area (Å²) in [4.78, 5) is 23.9. The van der Waals surface area contributed by atoms with Crippen molar-refractivity contribution in [3.63, 3.8) is 0 Å². The molecule has 25 heavy (non-hydrogen) atoms. The third-order valence-corrected chi connectivity index (χ3v) is 3.94. The fourth-order valence-corrected chi connectivity index (χ4v) is 2.30. The number of halogens is 1. The van der Waals surface area contributed by atoms with Crippen LogP contribution in [0.2, 0.25) is 5.02 Å². The zero-order valence-corrected chi connectivity index (χ0v) is 14.9. The molecule has 1 atom stereocenters. The normalized spacial score (nSPS) is 12.0. The highest BCUT2D eigenvalue weighted by atomic mass is 35.5. The third kappa shape index (κ3) is 5.76. The van der Waals surface area contributed by atoms with Crippen LogP contribution in [0.15, 0.2) is 54.6 Å². The molecule has 0 aliphatic carbocycles. The van der Waals surface area contributed by atoms with Crippen LogP contribution in [0.5, 0.6) is 0 Å². The van der Waals surface area contributed by atoms with E-state index in [0.29, 0.717) is 16.3 Å². The number of aryl methyl sites for hydroxylation is 1. The van der Waals surface area contributed by atoms with Crippen molar-refractivity contribution < 1.29 is 14.3 Å². The number of ether oxygens (including phenoxy) is 1. The van der Waals surface area contributed by atoms with E-state index in [1.807, 2.05) is 30.3 Å². The van der Waals surface area contributed by atoms with Crippen molar-refractivity contribution in [1.82, 2.24) is 0 Å². The summed E-state index contributed by atoms with van der Waals surface area (Å²) in [5.41, 5.74) is 2.55. The smallest absolute Gasteiger partial charge is 0.331 e. The van der Waals surface area contributed by atoms with Crippen LogP contribution in [0, 0.1) is 0 Å². The van der Waals surface area contributed by atoms with Crippen molar-refractivity contribution in [3.05, 3.63) is 70.8 Å². The highest BCUT2D eigenvalue weighted by Gasteiger charge is 2.16. The van der Waals surface area contributed by atoms with Gasteiger partial charge < -0.3 is 10.1 Å². The Morgan fingerprint density at radius 1 is 1.16 bits per heavy atom. The number of hydrogen-bond donors (Lipinski definition) is 1. The van der Waals surface area contributed by atoms with Crippen molar-refractivity contribution >= 4 is 35.2 Å². The number of benzene rings is 2. The lowest BCUT2D eigenvalue weighted by Gasteiger charge is -2.12. The standard InChI is InChI=1S/C20H20ClNO3/c1-3-15-8-11-17(12-9-15)22-20(24)14(2)25-19(23)13-10-16-6-4-5-7-18(16)21/h4-14H,3H2,1-2H3,(H,22,24)/b13-10+/t14-/m1/s1. The first-order valence-electron chi connectivity index (χ1n) is 8.02. The maximum absolute atomic E-state index is 12.1. The fraction of sp³-hybridized carbons (Fsp3) is 0.200. The molecule has 130 valence electrons. The lowest BCUT2D eigenvalue weighted by Crippen LogP contribution is -2.29. The molecule has 1 N–H and O–H groups in total. The summed E-state index contributed by atoms with van der Waals surface area (Å²) in [5.74, 6) is -0.993. The van der Waals surface area contributed by atoms with Crippen LogP contribution in [0.25, 0.3) is 6.08 Å². The van der Waals surface area contributed by atoms with E-state index < -0.39 is 12.1 Å². The molecule has 2 rings (SSSR count). The molecule has 0 heterocycles. The van der Waals surface area contributed by atoms with Crippen LogP contribution in [-0.2, 0) is 20.7 Å². The SMILES string of the molecule is CCc1ccc(NC(=O)[C@@H](C)OC(=O)/C=C/c2ccccc2Cl)cc1. The molecule has 0 bridgehead atoms. The Balaban J connectivity index is 1.89. The van der Waals surface area contributed by atoms with Crippen molar-refractivity contribution in [2.75, 3.05) is 5.32 Å². The average Bonchev–Trinajstić information content (AvgIpc) is 2.61. The zero-order chi connectivity index (χ0) is 18.2. The minimum atomic E-state index is -0.908. The van der Waals surface area contributed by atoms with Crippen LogP contribution in [0.4, 0.5) is 5.69 Å². The van der Waals surface area contributed by atoms with Gasteiger partial charge in [-0.05, 0) is 48.7 Å². The Labute approximate surface area is 152 Å². The summed E-state index contributed by atoms with van der Waals surface area (Å²) >= 11 is 6.01. The Hall–Kier alpha value is -2.59. The van der Waals surface area contributed by atoms with Gasteiger partial charge in [0.05, 0.1) is 0 Å². The topological polar surface area (TPSA) is 55.4 Å². The number of hydrogen-bond acceptors (Lipinski definition) is 3. The van der Waals surface area contributed by atoms with Crippen molar-refractivity contribution in [2.24, 2.45) is 0 Å². The van der Waals surface area contributed by atoms with Crippen molar-refractivity contribution in [2.45, 2.75) is 26.4 Å². The van der Waals surface area contributed by atoms with Gasteiger partial charge in [0.25, 0.3) is 5.91 Å². The predicted octanol–water partition coefficient (Wildman–Crippen LogP) is 4.49. The lowest BCUT2D eigenvalue weighted by molar-refractivity contribution is -0.148. The summed E-state index contributed by atoms with van der Waals surface area (Å²) in [5, 5.41) is 3.25. The van der Waals surface area contributed by atoms with Crippen molar-refractivity contribution in [3.8, 4) is 0 Å². The molecular formula is C20H20ClNO3. The van der Waals surface area contributed by atoms with E-state index in [0.717, 1.165) is 6.42 Å². The number of nitrogens with one attached hydrogen (secondary N) is 1. The second-order valence-electron chi connectivity index (χ2n) is 5.47. The molecule has 0 saturated heterocycles. The van der Waals surface area contributed by atoms with Crippen molar-refractivity contribution in [1.29, 1.82) is 0 Å². The largest absolute Gasteiger partial charge is 0.449 e. The molecule has 0 fully saturated rings. The van der Waals surface area contributed by atoms with Gasteiger partial charge in [0.1, 0.15) is 0 Å². The van der Waals surface area contributed by atoms with Crippen LogP contribution in [0.3, 0.4) is 0 Å². The fourth-order valence-electron chi connectivity index (χ4n) is 2.10. The summed E-state index contributed by atoms with van der Waals surface area (Å²) in [6, 6.07) is 14.7. The van der Waals surface area contributed by atoms with E-state index in [4.69, 9.17) is 16.3 Å². The van der Waals surface area contributed by atoms with Gasteiger partial charge in [-0.1, -0.05) is 48.9 Å². The van der Waals surface area contributed by atoms with Gasteiger partial charge in [0.2, 0.25) is 0 Å². The highest BCUT2D eigenvalue weighted by Crippen LogP contribution is 2.16. The minimum Gasteiger partial charge on any atom is -0.449 e. The molecule has 4 nitrogen and oxygen atoms in total. The lowest BCUT2D eigenvalue weighted by atomic mass is 10.1. The van der Waals surface area contributed by atoms with Gasteiger partial charge in [0.15, 0.2) is 6.10 Å². The number of carbonyl (C=O) groups is 2. The first-order chi connectivity index (χ1) is 12.0. The first-order valence-corrected chi connectivity index (χ1v) is 8.40. The second-order valence-corrected chi connectivity index (χ2v) is 5.88. The number of esters is 1. The maximum atomic E-state index is 12.1. The first kappa shape index (κ1) is 18.7. The molecule has 0 unspecified atom stereocenters. The molecule has 0 aromatic heterocycles.